The molecule has 1 unspecified atom stereocenters. The molecule has 7 heteroatoms. The fourth-order valence-corrected chi connectivity index (χ4v) is 3.82. The van der Waals surface area contributed by atoms with Crippen molar-refractivity contribution in [1.82, 2.24) is 19.9 Å². The molecule has 1 N–H and O–H groups in total. The van der Waals surface area contributed by atoms with Crippen LogP contribution >= 0.6 is 0 Å². The number of rotatable bonds is 8. The summed E-state index contributed by atoms with van der Waals surface area (Å²) in [6.45, 7) is 10.4. The zero-order valence-electron chi connectivity index (χ0n) is 19.9. The largest absolute Gasteiger partial charge is 0.344 e. The lowest BCUT2D eigenvalue weighted by atomic mass is 9.81. The Morgan fingerprint density at radius 3 is 2.82 bits per heavy atom. The van der Waals surface area contributed by atoms with Gasteiger partial charge in [0.05, 0.1) is 23.5 Å². The van der Waals surface area contributed by atoms with Crippen LogP contribution in [-0.2, 0) is 4.79 Å². The van der Waals surface area contributed by atoms with Gasteiger partial charge in [-0.3, -0.25) is 4.99 Å². The van der Waals surface area contributed by atoms with Gasteiger partial charge >= 0.3 is 0 Å². The lowest BCUT2D eigenvalue weighted by Crippen LogP contribution is -2.18. The van der Waals surface area contributed by atoms with Crippen molar-refractivity contribution in [3.63, 3.8) is 0 Å². The van der Waals surface area contributed by atoms with E-state index in [1.54, 1.807) is 35.4 Å². The van der Waals surface area contributed by atoms with Crippen molar-refractivity contribution in [3.05, 3.63) is 64.3 Å². The number of fused-ring (bicyclic) bond motifs is 1. The van der Waals surface area contributed by atoms with Gasteiger partial charge in [-0.15, -0.1) is 0 Å². The minimum Gasteiger partial charge on any atom is -0.344 e. The van der Waals surface area contributed by atoms with E-state index in [0.29, 0.717) is 22.8 Å². The molecule has 1 atom stereocenters. The zero-order chi connectivity index (χ0) is 24.0. The fraction of sp³-hybridized carbons (Fsp3) is 0.385. The topological polar surface area (TPSA) is 95.4 Å². The summed E-state index contributed by atoms with van der Waals surface area (Å²) in [7, 11) is 0. The van der Waals surface area contributed by atoms with Gasteiger partial charge in [0.15, 0.2) is 11.6 Å². The lowest BCUT2D eigenvalue weighted by Gasteiger charge is -2.24. The summed E-state index contributed by atoms with van der Waals surface area (Å²) in [4.78, 5) is 20.9. The number of hydrogen-bond acceptors (Lipinski definition) is 6. The van der Waals surface area contributed by atoms with Crippen molar-refractivity contribution in [2.45, 2.75) is 59.9 Å². The van der Waals surface area contributed by atoms with Gasteiger partial charge in [-0.1, -0.05) is 19.4 Å². The molecule has 1 aliphatic rings. The second-order valence-corrected chi connectivity index (χ2v) is 8.49. The molecule has 0 radical (unpaired) electrons. The summed E-state index contributed by atoms with van der Waals surface area (Å²) in [5, 5.41) is 17.1. The van der Waals surface area contributed by atoms with E-state index >= 15 is 0 Å². The molecule has 0 amide bonds. The Bertz CT molecular complexity index is 1250. The van der Waals surface area contributed by atoms with Crippen LogP contribution in [0.5, 0.6) is 0 Å². The average Bonchev–Trinajstić information content (AvgIpc) is 3.27. The maximum atomic E-state index is 12.0. The van der Waals surface area contributed by atoms with E-state index in [0.717, 1.165) is 36.0 Å². The summed E-state index contributed by atoms with van der Waals surface area (Å²) < 4.78 is 1.61. The summed E-state index contributed by atoms with van der Waals surface area (Å²) >= 11 is 0. The number of carbonyl (C=O) groups excluding carboxylic acids is 1. The van der Waals surface area contributed by atoms with Gasteiger partial charge in [-0.25, -0.2) is 14.3 Å². The van der Waals surface area contributed by atoms with Crippen LogP contribution in [0, 0.1) is 17.2 Å². The predicted octanol–water partition coefficient (Wildman–Crippen LogP) is 4.83. The molecule has 0 saturated carbocycles. The molecule has 3 rings (SSSR count). The van der Waals surface area contributed by atoms with Crippen molar-refractivity contribution >= 4 is 23.5 Å². The molecule has 0 fully saturated rings. The van der Waals surface area contributed by atoms with Gasteiger partial charge in [0.2, 0.25) is 0 Å². The van der Waals surface area contributed by atoms with Crippen molar-refractivity contribution in [2.24, 2.45) is 10.9 Å². The lowest BCUT2D eigenvalue weighted by molar-refractivity contribution is 0.569. The zero-order valence-corrected chi connectivity index (χ0v) is 19.9. The minimum atomic E-state index is 0.0801. The summed E-state index contributed by atoms with van der Waals surface area (Å²) in [6.07, 6.45) is 11.4. The summed E-state index contributed by atoms with van der Waals surface area (Å²) in [6, 6.07) is 4.17. The highest BCUT2D eigenvalue weighted by atomic mass is 16.1. The Morgan fingerprint density at radius 2 is 2.15 bits per heavy atom. The number of nitrogens with one attached hydrogen (secondary N) is 1. The van der Waals surface area contributed by atoms with Crippen LogP contribution in [0.25, 0.3) is 11.3 Å². The van der Waals surface area contributed by atoms with Gasteiger partial charge in [0, 0.05) is 30.2 Å². The van der Waals surface area contributed by atoms with E-state index in [2.05, 4.69) is 40.3 Å². The molecule has 170 valence electrons. The SMILES string of the molecule is CCC(C)C1=C(/C(C)=C(/C=NC(C)C)NC(=C=O)c2cnn3cccnc23)C=C(C#N)CC1. The van der Waals surface area contributed by atoms with Crippen molar-refractivity contribution < 1.29 is 4.79 Å². The number of allylic oxidation sites excluding steroid dienone is 6. The molecule has 2 heterocycles. The highest BCUT2D eigenvalue weighted by Crippen LogP contribution is 2.35. The van der Waals surface area contributed by atoms with Gasteiger partial charge in [-0.2, -0.15) is 10.4 Å². The third-order valence-corrected chi connectivity index (χ3v) is 5.90. The molecule has 2 aromatic heterocycles. The van der Waals surface area contributed by atoms with Gasteiger partial charge in [-0.05, 0) is 69.2 Å². The molecule has 0 aliphatic heterocycles. The van der Waals surface area contributed by atoms with Crippen LogP contribution in [0.3, 0.4) is 0 Å². The third-order valence-electron chi connectivity index (χ3n) is 5.90. The first-order valence-electron chi connectivity index (χ1n) is 11.3. The van der Waals surface area contributed by atoms with E-state index in [1.807, 2.05) is 32.8 Å². The Hall–Kier alpha value is -3.75. The minimum absolute atomic E-state index is 0.0801. The molecule has 1 aliphatic carbocycles. The number of aromatic nitrogens is 3. The van der Waals surface area contributed by atoms with Crippen LogP contribution in [0.15, 0.2) is 63.7 Å². The van der Waals surface area contributed by atoms with Crippen molar-refractivity contribution in [1.29, 1.82) is 5.26 Å². The van der Waals surface area contributed by atoms with E-state index in [1.165, 1.54) is 5.57 Å². The average molecular weight is 443 g/mol. The van der Waals surface area contributed by atoms with Crippen LogP contribution in [0.4, 0.5) is 0 Å². The number of nitrogens with zero attached hydrogens (tertiary/aromatic N) is 5. The number of nitriles is 1. The monoisotopic (exact) mass is 442 g/mol. The van der Waals surface area contributed by atoms with Crippen molar-refractivity contribution in [3.8, 4) is 6.07 Å². The quantitative estimate of drug-likeness (QED) is 0.467. The predicted molar refractivity (Wildman–Crippen MR) is 131 cm³/mol. The molecule has 2 aromatic rings. The highest BCUT2D eigenvalue weighted by molar-refractivity contribution is 5.95. The first kappa shape index (κ1) is 23.9. The molecular formula is C26H30N6O. The van der Waals surface area contributed by atoms with Gasteiger partial charge in [0.1, 0.15) is 5.70 Å². The molecule has 7 nitrogen and oxygen atoms in total. The molecule has 0 aromatic carbocycles. The Balaban J connectivity index is 2.14. The third kappa shape index (κ3) is 5.36. The Morgan fingerprint density at radius 1 is 1.36 bits per heavy atom. The van der Waals surface area contributed by atoms with Crippen LogP contribution in [0.1, 0.15) is 59.4 Å². The highest BCUT2D eigenvalue weighted by Gasteiger charge is 2.21. The fourth-order valence-electron chi connectivity index (χ4n) is 3.82. The first-order chi connectivity index (χ1) is 15.9. The molecule has 0 spiro atoms. The maximum Gasteiger partial charge on any atom is 0.165 e. The summed E-state index contributed by atoms with van der Waals surface area (Å²) in [5.41, 5.74) is 6.08. The Labute approximate surface area is 194 Å². The van der Waals surface area contributed by atoms with Gasteiger partial charge < -0.3 is 5.32 Å². The molecular weight excluding hydrogens is 412 g/mol. The van der Waals surface area contributed by atoms with Crippen molar-refractivity contribution in [2.75, 3.05) is 0 Å². The van der Waals surface area contributed by atoms with E-state index in [-0.39, 0.29) is 11.7 Å². The molecule has 0 bridgehead atoms. The second kappa shape index (κ2) is 10.7. The van der Waals surface area contributed by atoms with Crippen LogP contribution in [0.2, 0.25) is 0 Å². The van der Waals surface area contributed by atoms with E-state index in [9.17, 15) is 10.1 Å². The maximum absolute atomic E-state index is 12.0. The smallest absolute Gasteiger partial charge is 0.165 e. The first-order valence-corrected chi connectivity index (χ1v) is 11.3. The standard InChI is InChI=1S/C26H30N6O/c1-6-18(4)21-9-8-20(13-27)12-22(21)19(5)24(15-29-17(2)3)31-25(16-33)23-14-30-32-11-7-10-28-26(23)32/h7,10-12,14-15,17-18,31H,6,8-9H2,1-5H3/b24-19-,29-15?. The molecule has 33 heavy (non-hydrogen) atoms. The van der Waals surface area contributed by atoms with Gasteiger partial charge in [0.25, 0.3) is 0 Å². The second-order valence-electron chi connectivity index (χ2n) is 8.49. The van der Waals surface area contributed by atoms with E-state index < -0.39 is 0 Å². The Kier molecular flexibility index (Phi) is 7.76. The summed E-state index contributed by atoms with van der Waals surface area (Å²) in [5.74, 6) is 2.41. The van der Waals surface area contributed by atoms with E-state index in [4.69, 9.17) is 0 Å². The van der Waals surface area contributed by atoms with Crippen LogP contribution < -0.4 is 5.32 Å². The van der Waals surface area contributed by atoms with Crippen LogP contribution in [-0.4, -0.2) is 32.8 Å². The number of aliphatic imine (C=N–C) groups is 1. The normalized spacial score (nSPS) is 15.8. The molecule has 0 saturated heterocycles. The number of hydrogen-bond donors (Lipinski definition) is 1.